The molecule has 2 saturated heterocycles. The van der Waals surface area contributed by atoms with Crippen LogP contribution in [0.1, 0.15) is 26.2 Å². The Labute approximate surface area is 150 Å². The quantitative estimate of drug-likeness (QED) is 0.655. The van der Waals surface area contributed by atoms with E-state index in [1.165, 1.54) is 38.1 Å². The number of piperazine rings is 1. The molecule has 5 nitrogen and oxygen atoms in total. The molecule has 0 aromatic heterocycles. The van der Waals surface area contributed by atoms with E-state index in [0.717, 1.165) is 44.8 Å². The number of guanidine groups is 1. The average molecular weight is 347 g/mol. The Morgan fingerprint density at radius 1 is 1.08 bits per heavy atom. The van der Waals surface area contributed by atoms with Gasteiger partial charge in [0.15, 0.2) is 5.96 Å². The number of nitrogens with two attached hydrogens (primary N) is 1. The third-order valence-corrected chi connectivity index (χ3v) is 5.39. The van der Waals surface area contributed by atoms with Crippen LogP contribution in [0, 0.1) is 5.82 Å². The maximum absolute atomic E-state index is 13.1. The molecule has 3 rings (SSSR count). The van der Waals surface area contributed by atoms with Crippen molar-refractivity contribution in [3.63, 3.8) is 0 Å². The first-order valence-corrected chi connectivity index (χ1v) is 9.47. The number of nitrogens with zero attached hydrogens (tertiary/aromatic N) is 4. The number of hydrogen-bond acceptors (Lipinski definition) is 3. The van der Waals surface area contributed by atoms with Gasteiger partial charge in [-0.05, 0) is 56.6 Å². The van der Waals surface area contributed by atoms with E-state index in [2.05, 4.69) is 26.6 Å². The van der Waals surface area contributed by atoms with E-state index in [0.29, 0.717) is 12.0 Å². The lowest BCUT2D eigenvalue weighted by molar-refractivity contribution is 0.241. The van der Waals surface area contributed by atoms with Crippen molar-refractivity contribution in [2.75, 3.05) is 50.7 Å². The fourth-order valence-corrected chi connectivity index (χ4v) is 3.75. The monoisotopic (exact) mass is 347 g/mol. The topological polar surface area (TPSA) is 48.1 Å². The Hall–Kier alpha value is -1.82. The molecular formula is C19H30FN5. The summed E-state index contributed by atoms with van der Waals surface area (Å²) in [6, 6.07) is 7.22. The molecule has 0 bridgehead atoms. The van der Waals surface area contributed by atoms with Gasteiger partial charge in [-0.15, -0.1) is 0 Å². The van der Waals surface area contributed by atoms with Crippen molar-refractivity contribution in [3.8, 4) is 0 Å². The first kappa shape index (κ1) is 18.0. The summed E-state index contributed by atoms with van der Waals surface area (Å²) in [7, 11) is 0. The van der Waals surface area contributed by atoms with Crippen LogP contribution < -0.4 is 10.6 Å². The van der Waals surface area contributed by atoms with Crippen LogP contribution in [0.4, 0.5) is 10.1 Å². The van der Waals surface area contributed by atoms with Crippen molar-refractivity contribution in [2.45, 2.75) is 32.2 Å². The summed E-state index contributed by atoms with van der Waals surface area (Å²) in [5.41, 5.74) is 7.31. The lowest BCUT2D eigenvalue weighted by Crippen LogP contribution is -2.51. The van der Waals surface area contributed by atoms with Crippen molar-refractivity contribution in [1.29, 1.82) is 0 Å². The SMILES string of the molecule is CCC(CN=C(N)N1CCN(c2ccc(F)cc2)CC1)N1CCCC1. The van der Waals surface area contributed by atoms with Gasteiger partial charge < -0.3 is 15.5 Å². The highest BCUT2D eigenvalue weighted by Gasteiger charge is 2.22. The Balaban J connectivity index is 1.50. The molecule has 2 fully saturated rings. The third-order valence-electron chi connectivity index (χ3n) is 5.39. The van der Waals surface area contributed by atoms with E-state index < -0.39 is 0 Å². The zero-order valence-corrected chi connectivity index (χ0v) is 15.2. The second kappa shape index (κ2) is 8.52. The minimum absolute atomic E-state index is 0.192. The van der Waals surface area contributed by atoms with E-state index in [1.807, 2.05) is 12.1 Å². The van der Waals surface area contributed by atoms with Crippen LogP contribution in [-0.4, -0.2) is 67.6 Å². The van der Waals surface area contributed by atoms with E-state index in [4.69, 9.17) is 5.73 Å². The van der Waals surface area contributed by atoms with E-state index in [9.17, 15) is 4.39 Å². The number of aliphatic imine (C=N–C) groups is 1. The fraction of sp³-hybridized carbons (Fsp3) is 0.632. The highest BCUT2D eigenvalue weighted by molar-refractivity contribution is 5.78. The van der Waals surface area contributed by atoms with Gasteiger partial charge in [0.05, 0.1) is 6.54 Å². The Morgan fingerprint density at radius 3 is 2.32 bits per heavy atom. The van der Waals surface area contributed by atoms with Crippen LogP contribution in [0.15, 0.2) is 29.3 Å². The Kier molecular flexibility index (Phi) is 6.13. The van der Waals surface area contributed by atoms with Gasteiger partial charge in [0.2, 0.25) is 0 Å². The van der Waals surface area contributed by atoms with Crippen molar-refractivity contribution < 1.29 is 4.39 Å². The van der Waals surface area contributed by atoms with Crippen LogP contribution in [0.25, 0.3) is 0 Å². The number of likely N-dealkylation sites (tertiary alicyclic amines) is 1. The molecule has 1 unspecified atom stereocenters. The summed E-state index contributed by atoms with van der Waals surface area (Å²) in [5, 5.41) is 0. The molecule has 6 heteroatoms. The molecule has 25 heavy (non-hydrogen) atoms. The normalized spacial score (nSPS) is 21.0. The Morgan fingerprint density at radius 2 is 1.72 bits per heavy atom. The molecule has 1 aromatic rings. The summed E-state index contributed by atoms with van der Waals surface area (Å²) in [4.78, 5) is 11.7. The van der Waals surface area contributed by atoms with E-state index in [-0.39, 0.29) is 5.82 Å². The van der Waals surface area contributed by atoms with Gasteiger partial charge in [0.25, 0.3) is 0 Å². The molecule has 0 saturated carbocycles. The van der Waals surface area contributed by atoms with Gasteiger partial charge in [-0.3, -0.25) is 9.89 Å². The number of halogens is 1. The maximum atomic E-state index is 13.1. The lowest BCUT2D eigenvalue weighted by Gasteiger charge is -2.36. The van der Waals surface area contributed by atoms with Crippen molar-refractivity contribution in [3.05, 3.63) is 30.1 Å². The fourth-order valence-electron chi connectivity index (χ4n) is 3.75. The minimum atomic E-state index is -0.192. The molecule has 2 N–H and O–H groups in total. The molecule has 2 aliphatic heterocycles. The average Bonchev–Trinajstić information content (AvgIpc) is 3.17. The van der Waals surface area contributed by atoms with Crippen molar-refractivity contribution in [2.24, 2.45) is 10.7 Å². The van der Waals surface area contributed by atoms with E-state index >= 15 is 0 Å². The lowest BCUT2D eigenvalue weighted by atomic mass is 10.2. The number of hydrogen-bond donors (Lipinski definition) is 1. The van der Waals surface area contributed by atoms with Gasteiger partial charge in [0, 0.05) is 37.9 Å². The predicted molar refractivity (Wildman–Crippen MR) is 102 cm³/mol. The zero-order chi connectivity index (χ0) is 17.6. The summed E-state index contributed by atoms with van der Waals surface area (Å²) in [6.45, 7) is 8.89. The molecule has 0 spiro atoms. The Bertz CT molecular complexity index is 560. The van der Waals surface area contributed by atoms with Crippen LogP contribution in [0.5, 0.6) is 0 Å². The summed E-state index contributed by atoms with van der Waals surface area (Å²) in [6.07, 6.45) is 3.73. The zero-order valence-electron chi connectivity index (χ0n) is 15.2. The number of rotatable bonds is 5. The largest absolute Gasteiger partial charge is 0.370 e. The van der Waals surface area contributed by atoms with Gasteiger partial charge in [0.1, 0.15) is 5.82 Å². The summed E-state index contributed by atoms with van der Waals surface area (Å²) < 4.78 is 13.1. The molecule has 2 aliphatic rings. The molecule has 1 aromatic carbocycles. The van der Waals surface area contributed by atoms with Crippen LogP contribution in [0.3, 0.4) is 0 Å². The number of anilines is 1. The van der Waals surface area contributed by atoms with Gasteiger partial charge in [-0.25, -0.2) is 4.39 Å². The van der Waals surface area contributed by atoms with Crippen molar-refractivity contribution in [1.82, 2.24) is 9.80 Å². The van der Waals surface area contributed by atoms with Crippen LogP contribution >= 0.6 is 0 Å². The molecular weight excluding hydrogens is 317 g/mol. The van der Waals surface area contributed by atoms with Crippen LogP contribution in [0.2, 0.25) is 0 Å². The molecule has 1 atom stereocenters. The minimum Gasteiger partial charge on any atom is -0.370 e. The molecule has 0 aliphatic carbocycles. The summed E-state index contributed by atoms with van der Waals surface area (Å²) >= 11 is 0. The van der Waals surface area contributed by atoms with E-state index in [1.54, 1.807) is 0 Å². The van der Waals surface area contributed by atoms with Gasteiger partial charge >= 0.3 is 0 Å². The van der Waals surface area contributed by atoms with Crippen LogP contribution in [-0.2, 0) is 0 Å². The molecule has 0 radical (unpaired) electrons. The first-order chi connectivity index (χ1) is 12.2. The smallest absolute Gasteiger partial charge is 0.191 e. The predicted octanol–water partition coefficient (Wildman–Crippen LogP) is 2.14. The summed E-state index contributed by atoms with van der Waals surface area (Å²) in [5.74, 6) is 0.471. The highest BCUT2D eigenvalue weighted by atomic mass is 19.1. The number of benzene rings is 1. The standard InChI is InChI=1S/C19H30FN5/c1-2-17(23-9-3-4-10-23)15-22-19(21)25-13-11-24(12-14-25)18-7-5-16(20)6-8-18/h5-8,17H,2-4,9-15H2,1H3,(H2,21,22). The van der Waals surface area contributed by atoms with Crippen molar-refractivity contribution >= 4 is 11.6 Å². The molecule has 138 valence electrons. The van der Waals surface area contributed by atoms with Gasteiger partial charge in [-0.2, -0.15) is 0 Å². The highest BCUT2D eigenvalue weighted by Crippen LogP contribution is 2.17. The molecule has 0 amide bonds. The first-order valence-electron chi connectivity index (χ1n) is 9.47. The molecule has 2 heterocycles. The second-order valence-electron chi connectivity index (χ2n) is 6.95. The maximum Gasteiger partial charge on any atom is 0.191 e. The van der Waals surface area contributed by atoms with Gasteiger partial charge in [-0.1, -0.05) is 6.92 Å². The second-order valence-corrected chi connectivity index (χ2v) is 6.95. The third kappa shape index (κ3) is 4.63.